The van der Waals surface area contributed by atoms with Crippen molar-refractivity contribution in [3.63, 3.8) is 0 Å². The second-order valence-corrected chi connectivity index (χ2v) is 6.18. The molecular weight excluding hydrogens is 222 g/mol. The van der Waals surface area contributed by atoms with Crippen LogP contribution in [0.3, 0.4) is 0 Å². The molecule has 1 aliphatic heterocycles. The Labute approximate surface area is 113 Å². The molecule has 0 bridgehead atoms. The van der Waals surface area contributed by atoms with E-state index in [9.17, 15) is 0 Å². The van der Waals surface area contributed by atoms with Crippen LogP contribution in [0.5, 0.6) is 0 Å². The van der Waals surface area contributed by atoms with Gasteiger partial charge in [-0.2, -0.15) is 0 Å². The first-order valence-electron chi connectivity index (χ1n) is 7.95. The largest absolute Gasteiger partial charge is 0.329 e. The van der Waals surface area contributed by atoms with E-state index in [0.717, 1.165) is 12.6 Å². The Morgan fingerprint density at radius 1 is 1.00 bits per heavy atom. The summed E-state index contributed by atoms with van der Waals surface area (Å²) >= 11 is 0. The Bertz CT molecular complexity index is 236. The van der Waals surface area contributed by atoms with Crippen LogP contribution in [-0.2, 0) is 0 Å². The van der Waals surface area contributed by atoms with E-state index >= 15 is 0 Å². The Morgan fingerprint density at radius 2 is 1.56 bits per heavy atom. The van der Waals surface area contributed by atoms with Gasteiger partial charge in [0.1, 0.15) is 0 Å². The van der Waals surface area contributed by atoms with E-state index in [0.29, 0.717) is 5.54 Å². The van der Waals surface area contributed by atoms with Crippen molar-refractivity contribution >= 4 is 0 Å². The van der Waals surface area contributed by atoms with Crippen LogP contribution in [0, 0.1) is 0 Å². The summed E-state index contributed by atoms with van der Waals surface area (Å²) in [4.78, 5) is 5.40. The van der Waals surface area contributed by atoms with E-state index in [2.05, 4.69) is 23.6 Å². The van der Waals surface area contributed by atoms with E-state index < -0.39 is 0 Å². The lowest BCUT2D eigenvalue weighted by Gasteiger charge is -2.48. The number of nitrogens with two attached hydrogens (primary N) is 1. The molecule has 18 heavy (non-hydrogen) atoms. The third-order valence-electron chi connectivity index (χ3n) is 4.86. The van der Waals surface area contributed by atoms with Crippen LogP contribution in [0.25, 0.3) is 0 Å². The summed E-state index contributed by atoms with van der Waals surface area (Å²) in [5.41, 5.74) is 6.45. The summed E-state index contributed by atoms with van der Waals surface area (Å²) in [5.74, 6) is 0. The lowest BCUT2D eigenvalue weighted by atomic mass is 9.86. The summed E-state index contributed by atoms with van der Waals surface area (Å²) in [5, 5.41) is 0. The van der Waals surface area contributed by atoms with Crippen molar-refractivity contribution in [3.8, 4) is 0 Å². The van der Waals surface area contributed by atoms with Crippen molar-refractivity contribution in [1.82, 2.24) is 9.80 Å². The zero-order valence-corrected chi connectivity index (χ0v) is 12.3. The Kier molecular flexibility index (Phi) is 5.05. The molecule has 1 saturated heterocycles. The average Bonchev–Trinajstić information content (AvgIpc) is 3.23. The standard InChI is InChI=1S/C15H31N3/c1-3-7-15(13-16,8-4-2)18-11-9-17(10-12-18)14-5-6-14/h14H,3-13,16H2,1-2H3. The molecule has 106 valence electrons. The van der Waals surface area contributed by atoms with Gasteiger partial charge in [0.2, 0.25) is 0 Å². The zero-order valence-electron chi connectivity index (χ0n) is 12.3. The van der Waals surface area contributed by atoms with Gasteiger partial charge in [-0.3, -0.25) is 9.80 Å². The van der Waals surface area contributed by atoms with Gasteiger partial charge in [0.15, 0.2) is 0 Å². The second-order valence-electron chi connectivity index (χ2n) is 6.18. The van der Waals surface area contributed by atoms with Gasteiger partial charge in [0, 0.05) is 44.3 Å². The molecule has 0 aromatic rings. The van der Waals surface area contributed by atoms with E-state index in [1.165, 1.54) is 64.7 Å². The van der Waals surface area contributed by atoms with Crippen molar-refractivity contribution in [1.29, 1.82) is 0 Å². The van der Waals surface area contributed by atoms with Crippen LogP contribution >= 0.6 is 0 Å². The molecule has 1 heterocycles. The number of nitrogens with zero attached hydrogens (tertiary/aromatic N) is 2. The van der Waals surface area contributed by atoms with E-state index in [1.54, 1.807) is 0 Å². The van der Waals surface area contributed by atoms with Gasteiger partial charge in [-0.15, -0.1) is 0 Å². The number of hydrogen-bond acceptors (Lipinski definition) is 3. The molecule has 2 fully saturated rings. The van der Waals surface area contributed by atoms with Crippen LogP contribution in [0.2, 0.25) is 0 Å². The molecule has 3 nitrogen and oxygen atoms in total. The maximum atomic E-state index is 6.16. The third kappa shape index (κ3) is 3.06. The highest BCUT2D eigenvalue weighted by Gasteiger charge is 2.38. The minimum Gasteiger partial charge on any atom is -0.329 e. The Hall–Kier alpha value is -0.120. The molecule has 2 rings (SSSR count). The summed E-state index contributed by atoms with van der Waals surface area (Å²) in [7, 11) is 0. The molecule has 0 amide bonds. The molecule has 2 aliphatic rings. The van der Waals surface area contributed by atoms with Crippen molar-refractivity contribution in [2.75, 3.05) is 32.7 Å². The van der Waals surface area contributed by atoms with Crippen LogP contribution in [0.1, 0.15) is 52.4 Å². The second kappa shape index (κ2) is 6.36. The molecule has 0 aromatic carbocycles. The summed E-state index contributed by atoms with van der Waals surface area (Å²) in [6, 6.07) is 0.928. The Morgan fingerprint density at radius 3 is 1.94 bits per heavy atom. The van der Waals surface area contributed by atoms with Gasteiger partial charge >= 0.3 is 0 Å². The van der Waals surface area contributed by atoms with Gasteiger partial charge in [-0.1, -0.05) is 26.7 Å². The molecule has 0 unspecified atom stereocenters. The predicted octanol–water partition coefficient (Wildman–Crippen LogP) is 2.06. The van der Waals surface area contributed by atoms with Crippen LogP contribution in [0.15, 0.2) is 0 Å². The number of rotatable bonds is 7. The molecule has 0 spiro atoms. The maximum absolute atomic E-state index is 6.16. The van der Waals surface area contributed by atoms with Crippen LogP contribution < -0.4 is 5.73 Å². The molecular formula is C15H31N3. The molecule has 1 aliphatic carbocycles. The fraction of sp³-hybridized carbons (Fsp3) is 1.00. The first-order valence-corrected chi connectivity index (χ1v) is 7.95. The monoisotopic (exact) mass is 253 g/mol. The van der Waals surface area contributed by atoms with Crippen molar-refractivity contribution < 1.29 is 0 Å². The summed E-state index contributed by atoms with van der Waals surface area (Å²) in [6.07, 6.45) is 7.90. The highest BCUT2D eigenvalue weighted by atomic mass is 15.3. The average molecular weight is 253 g/mol. The number of hydrogen-bond donors (Lipinski definition) is 1. The zero-order chi connectivity index (χ0) is 13.0. The van der Waals surface area contributed by atoms with Gasteiger partial charge in [-0.25, -0.2) is 0 Å². The molecule has 0 aromatic heterocycles. The fourth-order valence-electron chi connectivity index (χ4n) is 3.71. The van der Waals surface area contributed by atoms with E-state index in [4.69, 9.17) is 5.73 Å². The topological polar surface area (TPSA) is 32.5 Å². The summed E-state index contributed by atoms with van der Waals surface area (Å²) < 4.78 is 0. The van der Waals surface area contributed by atoms with Crippen molar-refractivity contribution in [2.45, 2.75) is 64.0 Å². The lowest BCUT2D eigenvalue weighted by Crippen LogP contribution is -2.60. The Balaban J connectivity index is 1.93. The predicted molar refractivity (Wildman–Crippen MR) is 77.8 cm³/mol. The van der Waals surface area contributed by atoms with E-state index in [-0.39, 0.29) is 0 Å². The highest BCUT2D eigenvalue weighted by molar-refractivity contribution is 4.95. The minimum atomic E-state index is 0.291. The van der Waals surface area contributed by atoms with Gasteiger partial charge in [-0.05, 0) is 25.7 Å². The quantitative estimate of drug-likeness (QED) is 0.754. The minimum absolute atomic E-state index is 0.291. The molecule has 0 atom stereocenters. The van der Waals surface area contributed by atoms with Crippen molar-refractivity contribution in [2.24, 2.45) is 5.73 Å². The molecule has 0 radical (unpaired) electrons. The highest BCUT2D eigenvalue weighted by Crippen LogP contribution is 2.31. The van der Waals surface area contributed by atoms with E-state index in [1.807, 2.05) is 0 Å². The molecule has 1 saturated carbocycles. The maximum Gasteiger partial charge on any atom is 0.0332 e. The molecule has 2 N–H and O–H groups in total. The van der Waals surface area contributed by atoms with Crippen LogP contribution in [-0.4, -0.2) is 54.1 Å². The molecule has 3 heteroatoms. The van der Waals surface area contributed by atoms with Crippen molar-refractivity contribution in [3.05, 3.63) is 0 Å². The van der Waals surface area contributed by atoms with Gasteiger partial charge in [0.25, 0.3) is 0 Å². The first-order chi connectivity index (χ1) is 8.75. The van der Waals surface area contributed by atoms with Crippen LogP contribution in [0.4, 0.5) is 0 Å². The fourth-order valence-corrected chi connectivity index (χ4v) is 3.71. The normalized spacial score (nSPS) is 23.5. The SMILES string of the molecule is CCCC(CN)(CCC)N1CCN(C2CC2)CC1. The lowest BCUT2D eigenvalue weighted by molar-refractivity contribution is 0.0216. The van der Waals surface area contributed by atoms with Gasteiger partial charge < -0.3 is 5.73 Å². The summed E-state index contributed by atoms with van der Waals surface area (Å²) in [6.45, 7) is 10.4. The van der Waals surface area contributed by atoms with Gasteiger partial charge in [0.05, 0.1) is 0 Å². The number of piperazine rings is 1. The smallest absolute Gasteiger partial charge is 0.0332 e. The first kappa shape index (κ1) is 14.3. The third-order valence-corrected chi connectivity index (χ3v) is 4.86.